The molecule has 0 spiro atoms. The predicted octanol–water partition coefficient (Wildman–Crippen LogP) is 4.59. The number of nitrogens with one attached hydrogen (secondary N) is 1. The number of methoxy groups -OCH3 is 3. The van der Waals surface area contributed by atoms with Crippen molar-refractivity contribution in [3.8, 4) is 34.5 Å². The summed E-state index contributed by atoms with van der Waals surface area (Å²) in [7, 11) is 4.65. The summed E-state index contributed by atoms with van der Waals surface area (Å²) in [6.45, 7) is 0.0762. The molecule has 0 saturated carbocycles. The Labute approximate surface area is 196 Å². The largest absolute Gasteiger partial charge is 0.497 e. The summed E-state index contributed by atoms with van der Waals surface area (Å²) < 4.78 is 27.1. The van der Waals surface area contributed by atoms with Crippen molar-refractivity contribution in [1.29, 1.82) is 0 Å². The number of carbonyl (C=O) groups is 1. The van der Waals surface area contributed by atoms with Gasteiger partial charge in [-0.15, -0.1) is 10.2 Å². The topological polar surface area (TPSA) is 105 Å². The van der Waals surface area contributed by atoms with Gasteiger partial charge in [0, 0.05) is 23.4 Å². The van der Waals surface area contributed by atoms with Crippen molar-refractivity contribution < 1.29 is 28.2 Å². The number of nitrogens with zero attached hydrogens (tertiary/aromatic N) is 2. The highest BCUT2D eigenvalue weighted by Crippen LogP contribution is 2.27. The van der Waals surface area contributed by atoms with Gasteiger partial charge < -0.3 is 28.7 Å². The zero-order chi connectivity index (χ0) is 23.9. The SMILES string of the molecule is COc1ccc(-c2nnc(COc3cccc(NC(=O)c4ccc(OC)cc4OC)c3)o2)cc1. The van der Waals surface area contributed by atoms with Gasteiger partial charge in [-0.2, -0.15) is 0 Å². The first kappa shape index (κ1) is 22.7. The van der Waals surface area contributed by atoms with Gasteiger partial charge in [0.1, 0.15) is 23.0 Å². The van der Waals surface area contributed by atoms with Crippen LogP contribution in [0.3, 0.4) is 0 Å². The van der Waals surface area contributed by atoms with Crippen LogP contribution in [0.1, 0.15) is 16.2 Å². The summed E-state index contributed by atoms with van der Waals surface area (Å²) in [4.78, 5) is 12.7. The summed E-state index contributed by atoms with van der Waals surface area (Å²) >= 11 is 0. The zero-order valence-corrected chi connectivity index (χ0v) is 18.9. The third kappa shape index (κ3) is 5.26. The molecule has 0 aliphatic rings. The van der Waals surface area contributed by atoms with E-state index in [1.807, 2.05) is 24.3 Å². The lowest BCUT2D eigenvalue weighted by Gasteiger charge is -2.11. The number of rotatable bonds is 9. The summed E-state index contributed by atoms with van der Waals surface area (Å²) in [5.74, 6) is 2.66. The van der Waals surface area contributed by atoms with E-state index < -0.39 is 0 Å². The van der Waals surface area contributed by atoms with Crippen molar-refractivity contribution in [2.75, 3.05) is 26.6 Å². The first-order chi connectivity index (χ1) is 16.6. The van der Waals surface area contributed by atoms with Gasteiger partial charge in [-0.25, -0.2) is 0 Å². The van der Waals surface area contributed by atoms with Crippen molar-refractivity contribution in [3.05, 3.63) is 78.2 Å². The van der Waals surface area contributed by atoms with Gasteiger partial charge in [0.15, 0.2) is 6.61 Å². The van der Waals surface area contributed by atoms with E-state index in [1.54, 1.807) is 56.7 Å². The lowest BCUT2D eigenvalue weighted by Crippen LogP contribution is -2.13. The molecule has 0 saturated heterocycles. The van der Waals surface area contributed by atoms with E-state index in [9.17, 15) is 4.79 Å². The Morgan fingerprint density at radius 3 is 2.35 bits per heavy atom. The summed E-state index contributed by atoms with van der Waals surface area (Å²) in [5, 5.41) is 10.9. The van der Waals surface area contributed by atoms with Crippen LogP contribution in [0.2, 0.25) is 0 Å². The molecule has 9 nitrogen and oxygen atoms in total. The van der Waals surface area contributed by atoms with Crippen LogP contribution in [0.4, 0.5) is 5.69 Å². The second-order valence-corrected chi connectivity index (χ2v) is 7.07. The van der Waals surface area contributed by atoms with E-state index >= 15 is 0 Å². The van der Waals surface area contributed by atoms with Gasteiger partial charge in [-0.05, 0) is 48.5 Å². The molecule has 4 rings (SSSR count). The number of carbonyl (C=O) groups excluding carboxylic acids is 1. The van der Waals surface area contributed by atoms with Crippen LogP contribution < -0.4 is 24.3 Å². The Morgan fingerprint density at radius 1 is 0.853 bits per heavy atom. The molecule has 1 N–H and O–H groups in total. The minimum absolute atomic E-state index is 0.0762. The van der Waals surface area contributed by atoms with Crippen LogP contribution in [0.5, 0.6) is 23.0 Å². The van der Waals surface area contributed by atoms with E-state index in [2.05, 4.69) is 15.5 Å². The Hall–Kier alpha value is -4.53. The fourth-order valence-corrected chi connectivity index (χ4v) is 3.16. The molecule has 0 bridgehead atoms. The fourth-order valence-electron chi connectivity index (χ4n) is 3.16. The molecular weight excluding hydrogens is 438 g/mol. The van der Waals surface area contributed by atoms with Gasteiger partial charge in [-0.1, -0.05) is 6.07 Å². The Morgan fingerprint density at radius 2 is 1.62 bits per heavy atom. The molecule has 1 aromatic heterocycles. The van der Waals surface area contributed by atoms with Gasteiger partial charge in [0.05, 0.1) is 26.9 Å². The molecule has 0 atom stereocenters. The average molecular weight is 461 g/mol. The van der Waals surface area contributed by atoms with Gasteiger partial charge in [0.25, 0.3) is 11.8 Å². The first-order valence-electron chi connectivity index (χ1n) is 10.3. The standard InChI is InChI=1S/C25H23N3O6/c1-30-18-9-7-16(8-10-18)25-28-27-23(34-25)15-33-20-6-4-5-17(13-20)26-24(29)21-12-11-19(31-2)14-22(21)32-3/h4-14H,15H2,1-3H3,(H,26,29). The van der Waals surface area contributed by atoms with Crippen molar-refractivity contribution in [2.45, 2.75) is 6.61 Å². The van der Waals surface area contributed by atoms with Gasteiger partial charge in [0.2, 0.25) is 5.89 Å². The summed E-state index contributed by atoms with van der Waals surface area (Å²) in [6.07, 6.45) is 0. The lowest BCUT2D eigenvalue weighted by molar-refractivity contribution is 0.102. The molecule has 3 aromatic carbocycles. The monoisotopic (exact) mass is 461 g/mol. The molecule has 34 heavy (non-hydrogen) atoms. The number of amides is 1. The minimum Gasteiger partial charge on any atom is -0.497 e. The van der Waals surface area contributed by atoms with E-state index in [0.717, 1.165) is 11.3 Å². The number of hydrogen-bond donors (Lipinski definition) is 1. The number of benzene rings is 3. The van der Waals surface area contributed by atoms with Crippen LogP contribution in [0.15, 0.2) is 71.1 Å². The van der Waals surface area contributed by atoms with Gasteiger partial charge >= 0.3 is 0 Å². The molecule has 0 fully saturated rings. The molecule has 0 radical (unpaired) electrons. The molecule has 4 aromatic rings. The zero-order valence-electron chi connectivity index (χ0n) is 18.9. The van der Waals surface area contributed by atoms with Crippen molar-refractivity contribution in [2.24, 2.45) is 0 Å². The predicted molar refractivity (Wildman–Crippen MR) is 125 cm³/mol. The number of aromatic nitrogens is 2. The van der Waals surface area contributed by atoms with Gasteiger partial charge in [-0.3, -0.25) is 4.79 Å². The maximum absolute atomic E-state index is 12.7. The van der Waals surface area contributed by atoms with E-state index in [1.165, 1.54) is 7.11 Å². The third-order valence-electron chi connectivity index (χ3n) is 4.91. The molecule has 0 aliphatic carbocycles. The fraction of sp³-hybridized carbons (Fsp3) is 0.160. The van der Waals surface area contributed by atoms with Crippen molar-refractivity contribution in [3.63, 3.8) is 0 Å². The smallest absolute Gasteiger partial charge is 0.259 e. The number of anilines is 1. The van der Waals surface area contributed by atoms with Crippen LogP contribution in [-0.2, 0) is 6.61 Å². The quantitative estimate of drug-likeness (QED) is 0.386. The highest BCUT2D eigenvalue weighted by Gasteiger charge is 2.14. The minimum atomic E-state index is -0.322. The number of ether oxygens (including phenoxy) is 4. The van der Waals surface area contributed by atoms with Crippen molar-refractivity contribution in [1.82, 2.24) is 10.2 Å². The summed E-state index contributed by atoms with van der Waals surface area (Å²) in [5.41, 5.74) is 1.72. The Kier molecular flexibility index (Phi) is 6.92. The Balaban J connectivity index is 1.39. The molecular formula is C25H23N3O6. The first-order valence-corrected chi connectivity index (χ1v) is 10.3. The van der Waals surface area contributed by atoms with Crippen LogP contribution >= 0.6 is 0 Å². The van der Waals surface area contributed by atoms with Crippen molar-refractivity contribution >= 4 is 11.6 Å². The van der Waals surface area contributed by atoms with E-state index in [-0.39, 0.29) is 12.5 Å². The normalized spacial score (nSPS) is 10.4. The van der Waals surface area contributed by atoms with Crippen LogP contribution in [-0.4, -0.2) is 37.4 Å². The summed E-state index contributed by atoms with van der Waals surface area (Å²) in [6, 6.07) is 19.3. The second kappa shape index (κ2) is 10.4. The number of hydrogen-bond acceptors (Lipinski definition) is 8. The van der Waals surface area contributed by atoms with E-state index in [4.69, 9.17) is 23.4 Å². The lowest BCUT2D eigenvalue weighted by atomic mass is 10.1. The molecule has 9 heteroatoms. The maximum Gasteiger partial charge on any atom is 0.259 e. The van der Waals surface area contributed by atoms with E-state index in [0.29, 0.717) is 40.3 Å². The molecule has 1 amide bonds. The van der Waals surface area contributed by atoms with Crippen LogP contribution in [0, 0.1) is 0 Å². The second-order valence-electron chi connectivity index (χ2n) is 7.07. The maximum atomic E-state index is 12.7. The molecule has 174 valence electrons. The Bertz CT molecular complexity index is 1270. The molecule has 0 unspecified atom stereocenters. The van der Waals surface area contributed by atoms with Crippen LogP contribution in [0.25, 0.3) is 11.5 Å². The average Bonchev–Trinajstić information content (AvgIpc) is 3.36. The molecule has 1 heterocycles. The highest BCUT2D eigenvalue weighted by molar-refractivity contribution is 6.06. The third-order valence-corrected chi connectivity index (χ3v) is 4.91. The molecule has 0 aliphatic heterocycles. The highest BCUT2D eigenvalue weighted by atomic mass is 16.5.